The molecule has 0 aliphatic rings. The molecular weight excluding hydrogens is 394 g/mol. The van der Waals surface area contributed by atoms with E-state index in [1.54, 1.807) is 24.3 Å². The molecule has 2 N–H and O–H groups in total. The Bertz CT molecular complexity index is 808. The van der Waals surface area contributed by atoms with Crippen molar-refractivity contribution < 1.29 is 9.53 Å². The molecule has 0 aliphatic heterocycles. The third-order valence-electron chi connectivity index (χ3n) is 4.34. The number of benzene rings is 2. The highest BCUT2D eigenvalue weighted by atomic mass is 35.5. The van der Waals surface area contributed by atoms with Gasteiger partial charge in [-0.1, -0.05) is 31.5 Å². The van der Waals surface area contributed by atoms with Gasteiger partial charge in [0.15, 0.2) is 5.11 Å². The number of aryl methyl sites for hydroxylation is 1. The maximum absolute atomic E-state index is 12.1. The highest BCUT2D eigenvalue weighted by Gasteiger charge is 2.08. The monoisotopic (exact) mass is 419 g/mol. The summed E-state index contributed by atoms with van der Waals surface area (Å²) < 4.78 is 5.33. The van der Waals surface area contributed by atoms with Crippen molar-refractivity contribution in [1.82, 2.24) is 4.90 Å². The second kappa shape index (κ2) is 11.0. The molecule has 0 unspecified atom stereocenters. The molecule has 2 rings (SSSR count). The number of hydrogen-bond donors (Lipinski definition) is 2. The van der Waals surface area contributed by atoms with Gasteiger partial charge in [0.1, 0.15) is 6.61 Å². The summed E-state index contributed by atoms with van der Waals surface area (Å²) in [7, 11) is 0. The highest BCUT2D eigenvalue weighted by molar-refractivity contribution is 7.80. The van der Waals surface area contributed by atoms with E-state index in [1.807, 2.05) is 25.1 Å². The van der Waals surface area contributed by atoms with Crippen LogP contribution in [-0.4, -0.2) is 42.2 Å². The van der Waals surface area contributed by atoms with Crippen LogP contribution in [-0.2, 0) is 4.74 Å². The van der Waals surface area contributed by atoms with Crippen LogP contribution in [0.1, 0.15) is 29.8 Å². The van der Waals surface area contributed by atoms with E-state index in [1.165, 1.54) is 0 Å². The summed E-state index contributed by atoms with van der Waals surface area (Å²) in [5.74, 6) is -0.325. The van der Waals surface area contributed by atoms with Crippen LogP contribution >= 0.6 is 23.8 Å². The number of rotatable bonds is 8. The van der Waals surface area contributed by atoms with Gasteiger partial charge in [-0.25, -0.2) is 4.79 Å². The van der Waals surface area contributed by atoms with Crippen LogP contribution in [0.15, 0.2) is 42.5 Å². The van der Waals surface area contributed by atoms with Gasteiger partial charge >= 0.3 is 5.97 Å². The SMILES string of the molecule is CCN(CC)CCOC(=O)c1ccc(NC(=S)Nc2ccc(C)c(Cl)c2)cc1. The third-order valence-corrected chi connectivity index (χ3v) is 4.95. The van der Waals surface area contributed by atoms with Crippen LogP contribution in [0.25, 0.3) is 0 Å². The summed E-state index contributed by atoms with van der Waals surface area (Å²) in [5.41, 5.74) is 3.09. The fourth-order valence-corrected chi connectivity index (χ4v) is 2.96. The van der Waals surface area contributed by atoms with E-state index < -0.39 is 0 Å². The number of carbonyl (C=O) groups is 1. The molecule has 7 heteroatoms. The van der Waals surface area contributed by atoms with Crippen molar-refractivity contribution >= 4 is 46.3 Å². The Labute approximate surface area is 177 Å². The largest absolute Gasteiger partial charge is 0.461 e. The number of anilines is 2. The number of carbonyl (C=O) groups excluding carboxylic acids is 1. The maximum Gasteiger partial charge on any atom is 0.338 e. The normalized spacial score (nSPS) is 10.6. The van der Waals surface area contributed by atoms with Crippen molar-refractivity contribution in [2.75, 3.05) is 36.9 Å². The van der Waals surface area contributed by atoms with E-state index in [2.05, 4.69) is 29.4 Å². The van der Waals surface area contributed by atoms with Gasteiger partial charge in [-0.15, -0.1) is 0 Å². The lowest BCUT2D eigenvalue weighted by atomic mass is 10.2. The van der Waals surface area contributed by atoms with Crippen LogP contribution in [0.5, 0.6) is 0 Å². The standard InChI is InChI=1S/C21H26ClN3O2S/c1-4-25(5-2)12-13-27-20(26)16-7-10-17(11-8-16)23-21(28)24-18-9-6-15(3)19(22)14-18/h6-11,14H,4-5,12-13H2,1-3H3,(H2,23,24,28). The first-order valence-corrected chi connectivity index (χ1v) is 10.0. The number of hydrogen-bond acceptors (Lipinski definition) is 4. The minimum absolute atomic E-state index is 0.325. The van der Waals surface area contributed by atoms with Crippen molar-refractivity contribution in [3.63, 3.8) is 0 Å². The zero-order valence-electron chi connectivity index (χ0n) is 16.4. The van der Waals surface area contributed by atoms with Gasteiger partial charge in [0.2, 0.25) is 0 Å². The van der Waals surface area contributed by atoms with Crippen LogP contribution in [0.2, 0.25) is 5.02 Å². The molecule has 0 bridgehead atoms. The van der Waals surface area contributed by atoms with E-state index in [9.17, 15) is 4.79 Å². The predicted molar refractivity (Wildman–Crippen MR) is 121 cm³/mol. The summed E-state index contributed by atoms with van der Waals surface area (Å²) in [5, 5.41) is 7.28. The summed E-state index contributed by atoms with van der Waals surface area (Å²) in [4.78, 5) is 14.3. The number of halogens is 1. The zero-order valence-corrected chi connectivity index (χ0v) is 18.0. The molecule has 0 saturated heterocycles. The van der Waals surface area contributed by atoms with Crippen LogP contribution in [0, 0.1) is 6.92 Å². The van der Waals surface area contributed by atoms with Crippen molar-refractivity contribution in [1.29, 1.82) is 0 Å². The molecule has 0 atom stereocenters. The number of esters is 1. The molecule has 5 nitrogen and oxygen atoms in total. The first kappa shape index (κ1) is 22.1. The van der Waals surface area contributed by atoms with E-state index in [0.717, 1.165) is 36.6 Å². The third kappa shape index (κ3) is 6.78. The average molecular weight is 420 g/mol. The van der Waals surface area contributed by atoms with E-state index >= 15 is 0 Å². The average Bonchev–Trinajstić information content (AvgIpc) is 2.68. The van der Waals surface area contributed by atoms with Crippen LogP contribution < -0.4 is 10.6 Å². The molecule has 0 aliphatic carbocycles. The second-order valence-corrected chi connectivity index (χ2v) is 7.10. The highest BCUT2D eigenvalue weighted by Crippen LogP contribution is 2.20. The molecule has 0 saturated carbocycles. The minimum atomic E-state index is -0.325. The topological polar surface area (TPSA) is 53.6 Å². The van der Waals surface area contributed by atoms with Gasteiger partial charge in [0, 0.05) is 22.9 Å². The summed E-state index contributed by atoms with van der Waals surface area (Å²) in [6.45, 7) is 9.12. The maximum atomic E-state index is 12.1. The molecule has 0 radical (unpaired) electrons. The van der Waals surface area contributed by atoms with Gasteiger partial charge in [0.05, 0.1) is 5.56 Å². The van der Waals surface area contributed by atoms with Gasteiger partial charge in [0.25, 0.3) is 0 Å². The molecule has 0 fully saturated rings. The summed E-state index contributed by atoms with van der Waals surface area (Å²) in [6, 6.07) is 12.7. The lowest BCUT2D eigenvalue weighted by Gasteiger charge is -2.17. The molecule has 0 aromatic heterocycles. The number of thiocarbonyl (C=S) groups is 1. The first-order valence-electron chi connectivity index (χ1n) is 9.26. The molecule has 0 heterocycles. The Morgan fingerprint density at radius 2 is 1.68 bits per heavy atom. The van der Waals surface area contributed by atoms with Crippen LogP contribution in [0.3, 0.4) is 0 Å². The molecule has 150 valence electrons. The van der Waals surface area contributed by atoms with Gasteiger partial charge < -0.3 is 20.3 Å². The fraction of sp³-hybridized carbons (Fsp3) is 0.333. The Morgan fingerprint density at radius 1 is 1.07 bits per heavy atom. The van der Waals surface area contributed by atoms with Crippen molar-refractivity contribution in [2.24, 2.45) is 0 Å². The number of likely N-dealkylation sites (N-methyl/N-ethyl adjacent to an activating group) is 1. The predicted octanol–water partition coefficient (Wildman–Crippen LogP) is 4.96. The van der Waals surface area contributed by atoms with Gasteiger partial charge in [-0.2, -0.15) is 0 Å². The minimum Gasteiger partial charge on any atom is -0.461 e. The quantitative estimate of drug-likeness (QED) is 0.466. The molecule has 0 spiro atoms. The molecule has 28 heavy (non-hydrogen) atoms. The zero-order chi connectivity index (χ0) is 20.5. The Balaban J connectivity index is 1.85. The van der Waals surface area contributed by atoms with Gasteiger partial charge in [-0.3, -0.25) is 0 Å². The lowest BCUT2D eigenvalue weighted by Crippen LogP contribution is -2.27. The number of nitrogens with zero attached hydrogens (tertiary/aromatic N) is 1. The summed E-state index contributed by atoms with van der Waals surface area (Å²) >= 11 is 11.4. The van der Waals surface area contributed by atoms with Crippen molar-refractivity contribution in [2.45, 2.75) is 20.8 Å². The van der Waals surface area contributed by atoms with Gasteiger partial charge in [-0.05, 0) is 74.2 Å². The fourth-order valence-electron chi connectivity index (χ4n) is 2.54. The van der Waals surface area contributed by atoms with Crippen LogP contribution in [0.4, 0.5) is 11.4 Å². The second-order valence-electron chi connectivity index (χ2n) is 6.28. The molecule has 2 aromatic carbocycles. The first-order chi connectivity index (χ1) is 13.4. The lowest BCUT2D eigenvalue weighted by molar-refractivity contribution is 0.0466. The van der Waals surface area contributed by atoms with E-state index in [-0.39, 0.29) is 5.97 Å². The number of ether oxygens (including phenoxy) is 1. The van der Waals surface area contributed by atoms with E-state index in [0.29, 0.717) is 22.3 Å². The Hall–Kier alpha value is -2.15. The molecule has 0 amide bonds. The molecule has 2 aromatic rings. The van der Waals surface area contributed by atoms with Crippen molar-refractivity contribution in [3.05, 3.63) is 58.6 Å². The number of nitrogens with one attached hydrogen (secondary N) is 2. The Morgan fingerprint density at radius 3 is 2.29 bits per heavy atom. The van der Waals surface area contributed by atoms with Crippen molar-refractivity contribution in [3.8, 4) is 0 Å². The Kier molecular flexibility index (Phi) is 8.70. The summed E-state index contributed by atoms with van der Waals surface area (Å²) in [6.07, 6.45) is 0. The smallest absolute Gasteiger partial charge is 0.338 e. The molecular formula is C21H26ClN3O2S. The van der Waals surface area contributed by atoms with E-state index in [4.69, 9.17) is 28.6 Å².